The highest BCUT2D eigenvalue weighted by Gasteiger charge is 2.21. The van der Waals surface area contributed by atoms with Gasteiger partial charge in [0, 0.05) is 26.7 Å². The SMILES string of the molecule is C=C(C=CC)OCCN1CCC(OC)C1. The molecule has 1 fully saturated rings. The normalized spacial score (nSPS) is 22.4. The van der Waals surface area contributed by atoms with Gasteiger partial charge in [-0.05, 0) is 19.4 Å². The maximum atomic E-state index is 5.45. The van der Waals surface area contributed by atoms with E-state index in [4.69, 9.17) is 9.47 Å². The van der Waals surface area contributed by atoms with Gasteiger partial charge in [0.15, 0.2) is 0 Å². The van der Waals surface area contributed by atoms with Crippen LogP contribution in [0.25, 0.3) is 0 Å². The van der Waals surface area contributed by atoms with Crippen molar-refractivity contribution in [2.24, 2.45) is 0 Å². The molecule has 0 aromatic rings. The molecule has 0 N–H and O–H groups in total. The summed E-state index contributed by atoms with van der Waals surface area (Å²) in [5.41, 5.74) is 0. The van der Waals surface area contributed by atoms with Gasteiger partial charge in [0.25, 0.3) is 0 Å². The second-order valence-corrected chi connectivity index (χ2v) is 3.76. The maximum Gasteiger partial charge on any atom is 0.111 e. The first-order valence-corrected chi connectivity index (χ1v) is 5.45. The summed E-state index contributed by atoms with van der Waals surface area (Å²) in [6.07, 6.45) is 5.34. The molecule has 86 valence electrons. The van der Waals surface area contributed by atoms with Gasteiger partial charge in [-0.3, -0.25) is 4.90 Å². The molecule has 0 radical (unpaired) electrons. The first-order valence-electron chi connectivity index (χ1n) is 5.45. The molecule has 1 rings (SSSR count). The lowest BCUT2D eigenvalue weighted by atomic mass is 10.3. The van der Waals surface area contributed by atoms with Crippen LogP contribution >= 0.6 is 0 Å². The van der Waals surface area contributed by atoms with Crippen LogP contribution in [-0.4, -0.2) is 44.4 Å². The number of rotatable bonds is 6. The number of methoxy groups -OCH3 is 1. The van der Waals surface area contributed by atoms with Crippen molar-refractivity contribution < 1.29 is 9.47 Å². The molecule has 1 unspecified atom stereocenters. The zero-order valence-corrected chi connectivity index (χ0v) is 9.74. The number of hydrogen-bond acceptors (Lipinski definition) is 3. The maximum absolute atomic E-state index is 5.45. The minimum absolute atomic E-state index is 0.406. The Morgan fingerprint density at radius 2 is 2.40 bits per heavy atom. The Balaban J connectivity index is 2.08. The van der Waals surface area contributed by atoms with Crippen LogP contribution in [0.3, 0.4) is 0 Å². The van der Waals surface area contributed by atoms with Crippen molar-refractivity contribution in [1.29, 1.82) is 0 Å². The Morgan fingerprint density at radius 1 is 1.60 bits per heavy atom. The molecule has 0 saturated carbocycles. The van der Waals surface area contributed by atoms with Crippen LogP contribution in [0.2, 0.25) is 0 Å². The van der Waals surface area contributed by atoms with Crippen LogP contribution in [0.1, 0.15) is 13.3 Å². The molecule has 0 spiro atoms. The van der Waals surface area contributed by atoms with Gasteiger partial charge >= 0.3 is 0 Å². The zero-order valence-electron chi connectivity index (χ0n) is 9.74. The molecular formula is C12H21NO2. The molecule has 1 aliphatic rings. The largest absolute Gasteiger partial charge is 0.493 e. The summed E-state index contributed by atoms with van der Waals surface area (Å²) in [4.78, 5) is 2.36. The van der Waals surface area contributed by atoms with E-state index >= 15 is 0 Å². The summed E-state index contributed by atoms with van der Waals surface area (Å²) < 4.78 is 10.7. The number of likely N-dealkylation sites (tertiary alicyclic amines) is 1. The summed E-state index contributed by atoms with van der Waals surface area (Å²) in [7, 11) is 1.78. The van der Waals surface area contributed by atoms with Crippen LogP contribution in [0, 0.1) is 0 Å². The van der Waals surface area contributed by atoms with Gasteiger partial charge in [0.1, 0.15) is 12.4 Å². The number of nitrogens with zero attached hydrogens (tertiary/aromatic N) is 1. The monoisotopic (exact) mass is 211 g/mol. The molecule has 3 nitrogen and oxygen atoms in total. The molecule has 1 saturated heterocycles. The second-order valence-electron chi connectivity index (χ2n) is 3.76. The van der Waals surface area contributed by atoms with Crippen molar-refractivity contribution in [3.05, 3.63) is 24.5 Å². The third-order valence-corrected chi connectivity index (χ3v) is 2.61. The second kappa shape index (κ2) is 6.64. The van der Waals surface area contributed by atoms with Crippen LogP contribution in [-0.2, 0) is 9.47 Å². The van der Waals surface area contributed by atoms with Gasteiger partial charge in [0.2, 0.25) is 0 Å². The quantitative estimate of drug-likeness (QED) is 0.494. The molecule has 0 amide bonds. The van der Waals surface area contributed by atoms with E-state index < -0.39 is 0 Å². The average molecular weight is 211 g/mol. The van der Waals surface area contributed by atoms with E-state index in [1.165, 1.54) is 0 Å². The molecule has 0 bridgehead atoms. The zero-order chi connectivity index (χ0) is 11.1. The highest BCUT2D eigenvalue weighted by atomic mass is 16.5. The fraction of sp³-hybridized carbons (Fsp3) is 0.667. The summed E-state index contributed by atoms with van der Waals surface area (Å²) in [5.74, 6) is 0.736. The number of hydrogen-bond donors (Lipinski definition) is 0. The van der Waals surface area contributed by atoms with E-state index in [0.717, 1.165) is 31.8 Å². The molecule has 0 aromatic carbocycles. The van der Waals surface area contributed by atoms with E-state index in [1.807, 2.05) is 19.1 Å². The minimum atomic E-state index is 0.406. The van der Waals surface area contributed by atoms with Crippen LogP contribution < -0.4 is 0 Å². The third-order valence-electron chi connectivity index (χ3n) is 2.61. The Kier molecular flexibility index (Phi) is 5.43. The Hall–Kier alpha value is -0.800. The molecular weight excluding hydrogens is 190 g/mol. The third kappa shape index (κ3) is 4.49. The van der Waals surface area contributed by atoms with Crippen molar-refractivity contribution in [2.45, 2.75) is 19.4 Å². The van der Waals surface area contributed by atoms with Gasteiger partial charge < -0.3 is 9.47 Å². The van der Waals surface area contributed by atoms with Crippen molar-refractivity contribution in [3.8, 4) is 0 Å². The van der Waals surface area contributed by atoms with Gasteiger partial charge in [0.05, 0.1) is 6.10 Å². The number of allylic oxidation sites excluding steroid dienone is 2. The minimum Gasteiger partial charge on any atom is -0.493 e. The Bertz CT molecular complexity index is 226. The molecule has 3 heteroatoms. The Labute approximate surface area is 92.4 Å². The topological polar surface area (TPSA) is 21.7 Å². The fourth-order valence-electron chi connectivity index (χ4n) is 1.73. The standard InChI is InChI=1S/C12H21NO2/c1-4-5-11(2)15-9-8-13-7-6-12(10-13)14-3/h4-5,12H,2,6-10H2,1,3H3. The van der Waals surface area contributed by atoms with Crippen molar-refractivity contribution in [3.63, 3.8) is 0 Å². The molecule has 0 aromatic heterocycles. The van der Waals surface area contributed by atoms with Crippen LogP contribution in [0.15, 0.2) is 24.5 Å². The lowest BCUT2D eigenvalue weighted by Crippen LogP contribution is -2.26. The van der Waals surface area contributed by atoms with Crippen molar-refractivity contribution in [2.75, 3.05) is 33.4 Å². The highest BCUT2D eigenvalue weighted by molar-refractivity contribution is 5.05. The van der Waals surface area contributed by atoms with E-state index in [2.05, 4.69) is 11.5 Å². The van der Waals surface area contributed by atoms with E-state index in [9.17, 15) is 0 Å². The molecule has 1 heterocycles. The molecule has 0 aliphatic carbocycles. The first-order chi connectivity index (χ1) is 7.26. The van der Waals surface area contributed by atoms with Gasteiger partial charge in [-0.25, -0.2) is 0 Å². The number of ether oxygens (including phenoxy) is 2. The predicted octanol–water partition coefficient (Wildman–Crippen LogP) is 1.81. The molecule has 15 heavy (non-hydrogen) atoms. The van der Waals surface area contributed by atoms with Crippen LogP contribution in [0.5, 0.6) is 0 Å². The summed E-state index contributed by atoms with van der Waals surface area (Å²) in [6, 6.07) is 0. The van der Waals surface area contributed by atoms with E-state index in [1.54, 1.807) is 7.11 Å². The van der Waals surface area contributed by atoms with Crippen molar-refractivity contribution in [1.82, 2.24) is 4.90 Å². The first kappa shape index (κ1) is 12.3. The Morgan fingerprint density at radius 3 is 3.00 bits per heavy atom. The van der Waals surface area contributed by atoms with Crippen molar-refractivity contribution >= 4 is 0 Å². The van der Waals surface area contributed by atoms with Crippen LogP contribution in [0.4, 0.5) is 0 Å². The lowest BCUT2D eigenvalue weighted by Gasteiger charge is -2.15. The van der Waals surface area contributed by atoms with Gasteiger partial charge in [-0.2, -0.15) is 0 Å². The highest BCUT2D eigenvalue weighted by Crippen LogP contribution is 2.11. The summed E-state index contributed by atoms with van der Waals surface area (Å²) in [6.45, 7) is 9.54. The summed E-state index contributed by atoms with van der Waals surface area (Å²) >= 11 is 0. The molecule has 1 aliphatic heterocycles. The summed E-state index contributed by atoms with van der Waals surface area (Å²) in [5, 5.41) is 0. The lowest BCUT2D eigenvalue weighted by molar-refractivity contribution is 0.103. The average Bonchev–Trinajstić information content (AvgIpc) is 2.66. The molecule has 1 atom stereocenters. The van der Waals surface area contributed by atoms with E-state index in [0.29, 0.717) is 12.7 Å². The fourth-order valence-corrected chi connectivity index (χ4v) is 1.73. The van der Waals surface area contributed by atoms with Gasteiger partial charge in [-0.15, -0.1) is 0 Å². The van der Waals surface area contributed by atoms with Gasteiger partial charge in [-0.1, -0.05) is 12.7 Å². The predicted molar refractivity (Wildman–Crippen MR) is 61.8 cm³/mol. The smallest absolute Gasteiger partial charge is 0.111 e. The van der Waals surface area contributed by atoms with E-state index in [-0.39, 0.29) is 0 Å².